The van der Waals surface area contributed by atoms with E-state index in [1.54, 1.807) is 6.07 Å². The first-order chi connectivity index (χ1) is 11.5. The molecule has 0 spiro atoms. The van der Waals surface area contributed by atoms with Crippen LogP contribution < -0.4 is 5.56 Å². The molecule has 1 fully saturated rings. The van der Waals surface area contributed by atoms with Crippen LogP contribution in [0.4, 0.5) is 0 Å². The van der Waals surface area contributed by atoms with E-state index < -0.39 is 0 Å². The van der Waals surface area contributed by atoms with Crippen molar-refractivity contribution in [1.82, 2.24) is 19.8 Å². The Morgan fingerprint density at radius 1 is 1.38 bits per heavy atom. The number of aliphatic hydroxyl groups excluding tert-OH is 1. The molecule has 1 aromatic heterocycles. The number of fused-ring (bicyclic) bond motifs is 1. The largest absolute Gasteiger partial charge is 0.392 e. The van der Waals surface area contributed by atoms with Gasteiger partial charge in [-0.25, -0.2) is 4.98 Å². The molecule has 0 aliphatic carbocycles. The van der Waals surface area contributed by atoms with Gasteiger partial charge in [0.2, 0.25) is 0 Å². The van der Waals surface area contributed by atoms with Crippen LogP contribution in [0.1, 0.15) is 19.7 Å². The van der Waals surface area contributed by atoms with Gasteiger partial charge in [0.1, 0.15) is 5.82 Å². The first-order valence-corrected chi connectivity index (χ1v) is 8.65. The number of H-pyrrole nitrogens is 1. The number of aromatic nitrogens is 2. The van der Waals surface area contributed by atoms with Crippen LogP contribution in [0, 0.1) is 0 Å². The van der Waals surface area contributed by atoms with E-state index in [4.69, 9.17) is 0 Å². The maximum Gasteiger partial charge on any atom is 0.258 e. The molecule has 1 aliphatic heterocycles. The number of aliphatic hydroxyl groups is 1. The van der Waals surface area contributed by atoms with E-state index in [0.717, 1.165) is 50.5 Å². The minimum Gasteiger partial charge on any atom is -0.392 e. The third-order valence-corrected chi connectivity index (χ3v) is 4.67. The van der Waals surface area contributed by atoms with Gasteiger partial charge in [-0.1, -0.05) is 12.1 Å². The van der Waals surface area contributed by atoms with E-state index in [1.165, 1.54) is 0 Å². The number of nitrogens with zero attached hydrogens (tertiary/aromatic N) is 3. The van der Waals surface area contributed by atoms with Crippen LogP contribution >= 0.6 is 0 Å². The Hall–Kier alpha value is -1.76. The lowest BCUT2D eigenvalue weighted by Crippen LogP contribution is -2.53. The SMILES string of the molecule is C[C@@H]1CN(CCc2nc3ccccc3c(=O)[nH]2)CCN1C[C@@H](C)O. The van der Waals surface area contributed by atoms with Crippen molar-refractivity contribution in [3.8, 4) is 0 Å². The second-order valence-corrected chi connectivity index (χ2v) is 6.77. The molecule has 0 amide bonds. The summed E-state index contributed by atoms with van der Waals surface area (Å²) in [7, 11) is 0. The summed E-state index contributed by atoms with van der Waals surface area (Å²) in [6, 6.07) is 7.87. The number of rotatable bonds is 5. The number of hydrogen-bond donors (Lipinski definition) is 2. The average Bonchev–Trinajstić information content (AvgIpc) is 2.55. The molecule has 24 heavy (non-hydrogen) atoms. The molecule has 1 aromatic carbocycles. The van der Waals surface area contributed by atoms with Crippen molar-refractivity contribution in [2.45, 2.75) is 32.4 Å². The Labute approximate surface area is 142 Å². The summed E-state index contributed by atoms with van der Waals surface area (Å²) in [6.45, 7) is 8.57. The van der Waals surface area contributed by atoms with E-state index in [2.05, 4.69) is 26.7 Å². The molecule has 130 valence electrons. The van der Waals surface area contributed by atoms with Gasteiger partial charge in [-0.3, -0.25) is 9.69 Å². The quantitative estimate of drug-likeness (QED) is 0.850. The third-order valence-electron chi connectivity index (χ3n) is 4.67. The van der Waals surface area contributed by atoms with Gasteiger partial charge in [0.15, 0.2) is 0 Å². The lowest BCUT2D eigenvalue weighted by molar-refractivity contribution is 0.0455. The summed E-state index contributed by atoms with van der Waals surface area (Å²) in [5.41, 5.74) is 0.692. The first kappa shape index (κ1) is 17.1. The topological polar surface area (TPSA) is 72.5 Å². The zero-order valence-electron chi connectivity index (χ0n) is 14.4. The standard InChI is InChI=1S/C18H26N4O2/c1-13-11-21(9-10-22(13)12-14(2)23)8-7-17-19-16-6-4-3-5-15(16)18(24)20-17/h3-6,13-14,23H,7-12H2,1-2H3,(H,19,20,24)/t13-,14-/m1/s1. The Balaban J connectivity index is 1.60. The van der Waals surface area contributed by atoms with Crippen molar-refractivity contribution in [1.29, 1.82) is 0 Å². The molecule has 2 aromatic rings. The number of β-amino-alcohol motifs (C(OH)–C–C–N with tert-alkyl or cyclic N) is 1. The summed E-state index contributed by atoms with van der Waals surface area (Å²) in [5, 5.41) is 10.2. The molecule has 0 bridgehead atoms. The minimum atomic E-state index is -0.286. The van der Waals surface area contributed by atoms with Crippen LogP contribution in [0.25, 0.3) is 10.9 Å². The molecule has 0 saturated carbocycles. The van der Waals surface area contributed by atoms with Gasteiger partial charge < -0.3 is 15.0 Å². The summed E-state index contributed by atoms with van der Waals surface area (Å²) < 4.78 is 0. The molecule has 6 heteroatoms. The predicted molar refractivity (Wildman–Crippen MR) is 95.2 cm³/mol. The highest BCUT2D eigenvalue weighted by Gasteiger charge is 2.24. The van der Waals surface area contributed by atoms with Crippen LogP contribution in [-0.4, -0.2) is 69.7 Å². The monoisotopic (exact) mass is 330 g/mol. The normalized spacial score (nSPS) is 21.2. The maximum atomic E-state index is 12.1. The fourth-order valence-electron chi connectivity index (χ4n) is 3.40. The number of aromatic amines is 1. The van der Waals surface area contributed by atoms with E-state index in [9.17, 15) is 9.90 Å². The van der Waals surface area contributed by atoms with Crippen molar-refractivity contribution in [3.63, 3.8) is 0 Å². The van der Waals surface area contributed by atoms with Crippen molar-refractivity contribution in [2.75, 3.05) is 32.7 Å². The van der Waals surface area contributed by atoms with Crippen LogP contribution in [-0.2, 0) is 6.42 Å². The van der Waals surface area contributed by atoms with Gasteiger partial charge in [-0.15, -0.1) is 0 Å². The lowest BCUT2D eigenvalue weighted by Gasteiger charge is -2.40. The van der Waals surface area contributed by atoms with E-state index in [1.807, 2.05) is 25.1 Å². The summed E-state index contributed by atoms with van der Waals surface area (Å²) in [6.07, 6.45) is 0.453. The molecule has 3 rings (SSSR count). The molecular formula is C18H26N4O2. The highest BCUT2D eigenvalue weighted by molar-refractivity contribution is 5.77. The molecule has 0 radical (unpaired) electrons. The van der Waals surface area contributed by atoms with Gasteiger partial charge >= 0.3 is 0 Å². The predicted octanol–water partition coefficient (Wildman–Crippen LogP) is 0.853. The molecule has 2 N–H and O–H groups in total. The fraction of sp³-hybridized carbons (Fsp3) is 0.556. The summed E-state index contributed by atoms with van der Waals surface area (Å²) in [5.74, 6) is 0.748. The van der Waals surface area contributed by atoms with E-state index in [0.29, 0.717) is 11.4 Å². The molecule has 2 heterocycles. The first-order valence-electron chi connectivity index (χ1n) is 8.65. The fourth-order valence-corrected chi connectivity index (χ4v) is 3.40. The van der Waals surface area contributed by atoms with E-state index >= 15 is 0 Å². The zero-order chi connectivity index (χ0) is 17.1. The summed E-state index contributed by atoms with van der Waals surface area (Å²) >= 11 is 0. The lowest BCUT2D eigenvalue weighted by atomic mass is 10.1. The van der Waals surface area contributed by atoms with E-state index in [-0.39, 0.29) is 11.7 Å². The van der Waals surface area contributed by atoms with Crippen LogP contribution in [0.15, 0.2) is 29.1 Å². The zero-order valence-corrected chi connectivity index (χ0v) is 14.4. The highest BCUT2D eigenvalue weighted by Crippen LogP contribution is 2.11. The van der Waals surface area contributed by atoms with Gasteiger partial charge in [0.25, 0.3) is 5.56 Å². The Kier molecular flexibility index (Phi) is 5.28. The maximum absolute atomic E-state index is 12.1. The molecule has 0 unspecified atom stereocenters. The van der Waals surface area contributed by atoms with Crippen LogP contribution in [0.2, 0.25) is 0 Å². The second kappa shape index (κ2) is 7.42. The van der Waals surface area contributed by atoms with Crippen LogP contribution in [0.5, 0.6) is 0 Å². The van der Waals surface area contributed by atoms with Crippen molar-refractivity contribution in [3.05, 3.63) is 40.4 Å². The number of hydrogen-bond acceptors (Lipinski definition) is 5. The third kappa shape index (κ3) is 4.01. The molecule has 2 atom stereocenters. The summed E-state index contributed by atoms with van der Waals surface area (Å²) in [4.78, 5) is 24.3. The number of benzene rings is 1. The number of piperazine rings is 1. The Bertz CT molecular complexity index is 743. The van der Waals surface area contributed by atoms with Crippen LogP contribution in [0.3, 0.4) is 0 Å². The molecule has 1 saturated heterocycles. The average molecular weight is 330 g/mol. The van der Waals surface area contributed by atoms with Gasteiger partial charge in [0.05, 0.1) is 17.0 Å². The molecule has 6 nitrogen and oxygen atoms in total. The minimum absolute atomic E-state index is 0.0641. The van der Waals surface area contributed by atoms with Crippen molar-refractivity contribution in [2.24, 2.45) is 0 Å². The second-order valence-electron chi connectivity index (χ2n) is 6.77. The van der Waals surface area contributed by atoms with Gasteiger partial charge in [-0.2, -0.15) is 0 Å². The Morgan fingerprint density at radius 2 is 2.17 bits per heavy atom. The highest BCUT2D eigenvalue weighted by atomic mass is 16.3. The van der Waals surface area contributed by atoms with Crippen molar-refractivity contribution < 1.29 is 5.11 Å². The van der Waals surface area contributed by atoms with Gasteiger partial charge in [0, 0.05) is 45.2 Å². The smallest absolute Gasteiger partial charge is 0.258 e. The Morgan fingerprint density at radius 3 is 2.92 bits per heavy atom. The molecule has 1 aliphatic rings. The number of nitrogens with one attached hydrogen (secondary N) is 1. The number of para-hydroxylation sites is 1. The molecular weight excluding hydrogens is 304 g/mol. The van der Waals surface area contributed by atoms with Gasteiger partial charge in [-0.05, 0) is 26.0 Å². The van der Waals surface area contributed by atoms with Crippen molar-refractivity contribution >= 4 is 10.9 Å².